The van der Waals surface area contributed by atoms with Gasteiger partial charge in [-0.05, 0) is 0 Å². The van der Waals surface area contributed by atoms with Crippen LogP contribution in [0.2, 0.25) is 0 Å². The molecular formula is AlCaF6Na. The Morgan fingerprint density at radius 2 is 0.444 bits per heavy atom. The molecule has 0 fully saturated rings. The Morgan fingerprint density at radius 3 is 0.444 bits per heavy atom. The fourth-order valence-electron chi connectivity index (χ4n) is 0. The summed E-state index contributed by atoms with van der Waals surface area (Å²) in [6, 6.07) is 0. The molecule has 0 rings (SSSR count). The summed E-state index contributed by atoms with van der Waals surface area (Å²) in [5.41, 5.74) is 0. The van der Waals surface area contributed by atoms with Gasteiger partial charge in [-0.25, -0.2) is 0 Å². The molecule has 0 unspecified atom stereocenters. The molecule has 0 aliphatic heterocycles. The zero-order chi connectivity index (χ0) is 0. The standard InChI is InChI=1S/Al.Ca.6FH.Na/h;;6*1H;/q+3;+2;;;;;;;+1/p-6. The van der Waals surface area contributed by atoms with E-state index in [2.05, 4.69) is 0 Å². The predicted molar refractivity (Wildman–Crippen MR) is 11.5 cm³/mol. The van der Waals surface area contributed by atoms with Gasteiger partial charge >= 0.3 is 84.7 Å². The summed E-state index contributed by atoms with van der Waals surface area (Å²) in [6.45, 7) is 0. The van der Waals surface area contributed by atoms with Crippen molar-refractivity contribution in [2.24, 2.45) is 0 Å². The second-order valence-electron chi connectivity index (χ2n) is 0. The number of rotatable bonds is 0. The summed E-state index contributed by atoms with van der Waals surface area (Å²) in [5.74, 6) is 0. The van der Waals surface area contributed by atoms with E-state index >= 15 is 0 Å². The first kappa shape index (κ1) is 217. The van der Waals surface area contributed by atoms with Gasteiger partial charge in [0.25, 0.3) is 0 Å². The second kappa shape index (κ2) is 162. The first-order valence-corrected chi connectivity index (χ1v) is 0. The quantitative estimate of drug-likeness (QED) is 0.271. The monoisotopic (exact) mass is 204 g/mol. The summed E-state index contributed by atoms with van der Waals surface area (Å²) >= 11 is 0. The molecule has 0 bridgehead atoms. The first-order chi connectivity index (χ1) is 0. The Morgan fingerprint density at radius 1 is 0.444 bits per heavy atom. The van der Waals surface area contributed by atoms with Crippen LogP contribution in [0.15, 0.2) is 0 Å². The van der Waals surface area contributed by atoms with Crippen LogP contribution in [-0.2, 0) is 0 Å². The zero-order valence-corrected chi connectivity index (χ0v) is 9.92. The summed E-state index contributed by atoms with van der Waals surface area (Å²) in [7, 11) is 0. The molecule has 0 amide bonds. The van der Waals surface area contributed by atoms with Crippen molar-refractivity contribution in [2.75, 3.05) is 0 Å². The number of hydrogen-bond donors (Lipinski definition) is 0. The van der Waals surface area contributed by atoms with E-state index in [1.54, 1.807) is 0 Å². The maximum atomic E-state index is 0. The van der Waals surface area contributed by atoms with E-state index in [1.165, 1.54) is 0 Å². The van der Waals surface area contributed by atoms with Crippen molar-refractivity contribution in [3.8, 4) is 0 Å². The van der Waals surface area contributed by atoms with Crippen molar-refractivity contribution in [1.82, 2.24) is 0 Å². The predicted octanol–water partition coefficient (Wildman–Crippen LogP) is -21.7. The van der Waals surface area contributed by atoms with Crippen molar-refractivity contribution >= 4 is 55.1 Å². The Bertz CT molecular complexity index is 13.0. The van der Waals surface area contributed by atoms with Gasteiger partial charge in [-0.15, -0.1) is 0 Å². The molecule has 48 valence electrons. The van der Waals surface area contributed by atoms with Crippen molar-refractivity contribution in [1.29, 1.82) is 0 Å². The minimum absolute atomic E-state index is 0. The van der Waals surface area contributed by atoms with Crippen LogP contribution in [0.5, 0.6) is 0 Å². The van der Waals surface area contributed by atoms with Crippen molar-refractivity contribution < 1.29 is 57.8 Å². The van der Waals surface area contributed by atoms with Crippen LogP contribution in [0.25, 0.3) is 0 Å². The van der Waals surface area contributed by atoms with E-state index in [1.807, 2.05) is 0 Å². The molecule has 0 N–H and O–H groups in total. The first-order valence-electron chi connectivity index (χ1n) is 0. The molecular weight excluding hydrogens is 204 g/mol. The minimum atomic E-state index is 0. The molecule has 0 atom stereocenters. The maximum absolute atomic E-state index is 0. The molecule has 0 aromatic rings. The van der Waals surface area contributed by atoms with Gasteiger partial charge in [-0.1, -0.05) is 0 Å². The summed E-state index contributed by atoms with van der Waals surface area (Å²) < 4.78 is 0. The van der Waals surface area contributed by atoms with Crippen LogP contribution in [-0.4, -0.2) is 55.1 Å². The Balaban J connectivity index is 0. The van der Waals surface area contributed by atoms with Crippen LogP contribution in [0.4, 0.5) is 0 Å². The molecule has 0 aromatic carbocycles. The van der Waals surface area contributed by atoms with Crippen molar-refractivity contribution in [3.63, 3.8) is 0 Å². The second-order valence-corrected chi connectivity index (χ2v) is 0. The van der Waals surface area contributed by atoms with Crippen molar-refractivity contribution in [3.05, 3.63) is 0 Å². The van der Waals surface area contributed by atoms with Gasteiger partial charge < -0.3 is 28.2 Å². The molecule has 9 heteroatoms. The minimum Gasteiger partial charge on any atom is -1.00 e. The smallest absolute Gasteiger partial charge is 1.00 e. The van der Waals surface area contributed by atoms with Gasteiger partial charge in [0.15, 0.2) is 0 Å². The van der Waals surface area contributed by atoms with E-state index in [0.29, 0.717) is 0 Å². The van der Waals surface area contributed by atoms with Crippen LogP contribution in [0.3, 0.4) is 0 Å². The van der Waals surface area contributed by atoms with E-state index in [-0.39, 0.29) is 113 Å². The Kier molecular flexibility index (Phi) is 3910. The van der Waals surface area contributed by atoms with Gasteiger partial charge in [-0.3, -0.25) is 0 Å². The molecule has 0 nitrogen and oxygen atoms in total. The number of halogens is 6. The van der Waals surface area contributed by atoms with Gasteiger partial charge in [0.2, 0.25) is 0 Å². The van der Waals surface area contributed by atoms with Crippen LogP contribution in [0.1, 0.15) is 0 Å². The average Bonchev–Trinajstić information content (AvgIpc) is 0. The third kappa shape index (κ3) is 129. The Labute approximate surface area is 111 Å². The van der Waals surface area contributed by atoms with E-state index in [0.717, 1.165) is 0 Å². The van der Waals surface area contributed by atoms with Gasteiger partial charge in [0.05, 0.1) is 0 Å². The number of hydrogen-bond acceptors (Lipinski definition) is 0. The molecule has 0 saturated heterocycles. The van der Waals surface area contributed by atoms with Gasteiger partial charge in [-0.2, -0.15) is 0 Å². The van der Waals surface area contributed by atoms with E-state index < -0.39 is 0 Å². The molecule has 0 heterocycles. The Hall–Kier alpha value is 2.37. The SMILES string of the molecule is [Al+3].[Ca+2].[F-].[F-].[F-].[F-].[F-].[F-].[Na+]. The fraction of sp³-hybridized carbons (Fsp3) is 0. The summed E-state index contributed by atoms with van der Waals surface area (Å²) in [6.07, 6.45) is 0. The third-order valence-corrected chi connectivity index (χ3v) is 0. The molecule has 0 saturated carbocycles. The van der Waals surface area contributed by atoms with E-state index in [4.69, 9.17) is 0 Å². The molecule has 0 spiro atoms. The van der Waals surface area contributed by atoms with Crippen LogP contribution < -0.4 is 57.8 Å². The molecule has 0 radical (unpaired) electrons. The van der Waals surface area contributed by atoms with Gasteiger partial charge in [0.1, 0.15) is 0 Å². The molecule has 9 heavy (non-hydrogen) atoms. The maximum Gasteiger partial charge on any atom is 3.00 e. The third-order valence-electron chi connectivity index (χ3n) is 0. The summed E-state index contributed by atoms with van der Waals surface area (Å²) in [5, 5.41) is 0. The van der Waals surface area contributed by atoms with Crippen molar-refractivity contribution in [2.45, 2.75) is 0 Å². The largest absolute Gasteiger partial charge is 3.00 e. The van der Waals surface area contributed by atoms with Crippen LogP contribution >= 0.6 is 0 Å². The normalized spacial score (nSPS) is 0. The fourth-order valence-corrected chi connectivity index (χ4v) is 0. The zero-order valence-electron chi connectivity index (χ0n) is 4.55. The van der Waals surface area contributed by atoms with Gasteiger partial charge in [0, 0.05) is 0 Å². The average molecular weight is 204 g/mol. The van der Waals surface area contributed by atoms with Crippen LogP contribution in [0, 0.1) is 0 Å². The molecule has 0 aliphatic rings. The summed E-state index contributed by atoms with van der Waals surface area (Å²) in [4.78, 5) is 0. The van der Waals surface area contributed by atoms with E-state index in [9.17, 15) is 0 Å². The molecule has 0 aromatic heterocycles. The topological polar surface area (TPSA) is 0 Å². The molecule has 0 aliphatic carbocycles.